The van der Waals surface area contributed by atoms with Gasteiger partial charge >= 0.3 is 0 Å². The first kappa shape index (κ1) is 40.8. The van der Waals surface area contributed by atoms with Gasteiger partial charge in [-0.3, -0.25) is 0 Å². The number of benzene rings is 2. The number of nitrogens with one attached hydrogen (secondary N) is 1. The maximum atomic E-state index is 4.50. The van der Waals surface area contributed by atoms with E-state index in [1.165, 1.54) is 51.3 Å². The van der Waals surface area contributed by atoms with Gasteiger partial charge in [0.1, 0.15) is 0 Å². The van der Waals surface area contributed by atoms with E-state index in [0.717, 1.165) is 11.1 Å². The van der Waals surface area contributed by atoms with E-state index in [2.05, 4.69) is 57.2 Å². The second-order valence-corrected chi connectivity index (χ2v) is 7.68. The van der Waals surface area contributed by atoms with Gasteiger partial charge in [0.15, 0.2) is 0 Å². The summed E-state index contributed by atoms with van der Waals surface area (Å²) in [5.74, 6) is 6.22. The summed E-state index contributed by atoms with van der Waals surface area (Å²) in [6.45, 7) is 25.8. The van der Waals surface area contributed by atoms with E-state index in [4.69, 9.17) is 0 Å². The first-order valence-corrected chi connectivity index (χ1v) is 14.1. The van der Waals surface area contributed by atoms with Gasteiger partial charge in [0.25, 0.3) is 0 Å². The van der Waals surface area contributed by atoms with Crippen LogP contribution >= 0.6 is 0 Å². The maximum Gasteiger partial charge on any atom is 0.0249 e. The van der Waals surface area contributed by atoms with Crippen LogP contribution in [-0.4, -0.2) is 19.1 Å². The molecule has 1 aliphatic heterocycles. The summed E-state index contributed by atoms with van der Waals surface area (Å²) in [6, 6.07) is 20.0. The number of unbranched alkanes of at least 4 members (excludes halogenated alkanes) is 1. The van der Waals surface area contributed by atoms with E-state index in [1.54, 1.807) is 0 Å². The summed E-state index contributed by atoms with van der Waals surface area (Å²) in [4.78, 5) is 0. The van der Waals surface area contributed by atoms with Gasteiger partial charge in [0, 0.05) is 16.7 Å². The Bertz CT molecular complexity index is 675. The molecule has 2 nitrogen and oxygen atoms in total. The highest BCUT2D eigenvalue weighted by atomic mass is 15.0. The van der Waals surface area contributed by atoms with Crippen LogP contribution in [-0.2, 0) is 0 Å². The molecule has 0 aromatic heterocycles. The van der Waals surface area contributed by atoms with Gasteiger partial charge < -0.3 is 11.1 Å². The lowest BCUT2D eigenvalue weighted by Gasteiger charge is -2.40. The van der Waals surface area contributed by atoms with Crippen LogP contribution in [0.4, 0.5) is 0 Å². The third-order valence-electron chi connectivity index (χ3n) is 4.73. The van der Waals surface area contributed by atoms with Crippen LogP contribution in [0.3, 0.4) is 0 Å². The number of rotatable bonds is 4. The second-order valence-electron chi connectivity index (χ2n) is 7.68. The number of hydrogen-bond acceptors (Lipinski definition) is 2. The normalized spacial score (nSPS) is 13.7. The molecule has 1 unspecified atom stereocenters. The molecule has 0 amide bonds. The van der Waals surface area contributed by atoms with Crippen molar-refractivity contribution in [2.75, 3.05) is 13.6 Å². The monoisotopic (exact) mass is 496 g/mol. The molecule has 1 saturated heterocycles. The largest absolute Gasteiger partial charge is 0.333 e. The number of nitrogens with two attached hydrogens (primary N) is 1. The zero-order chi connectivity index (χ0) is 28.7. The smallest absolute Gasteiger partial charge is 0.0249 e. The second kappa shape index (κ2) is 32.7. The Morgan fingerprint density at radius 3 is 1.36 bits per heavy atom. The van der Waals surface area contributed by atoms with Gasteiger partial charge in [0.05, 0.1) is 0 Å². The lowest BCUT2D eigenvalue weighted by Crippen LogP contribution is -2.54. The highest BCUT2D eigenvalue weighted by molar-refractivity contribution is 5.42. The van der Waals surface area contributed by atoms with E-state index < -0.39 is 0 Å². The SMILES string of the molecule is C(#Cc1ccccc1)c1ccccc1.C=C(C)CCC1(C)CCN1.CC.CC.CC.CCCC.CN. The molecule has 206 valence electrons. The quantitative estimate of drug-likeness (QED) is 0.326. The molecule has 0 radical (unpaired) electrons. The van der Waals surface area contributed by atoms with Crippen LogP contribution in [0.2, 0.25) is 0 Å². The molecule has 2 heteroatoms. The van der Waals surface area contributed by atoms with Crippen molar-refractivity contribution in [2.45, 2.75) is 107 Å². The zero-order valence-corrected chi connectivity index (χ0v) is 25.8. The molecule has 0 aliphatic carbocycles. The molecular weight excluding hydrogens is 436 g/mol. The third kappa shape index (κ3) is 26.3. The van der Waals surface area contributed by atoms with Crippen molar-refractivity contribution in [2.24, 2.45) is 5.73 Å². The Morgan fingerprint density at radius 1 is 0.806 bits per heavy atom. The van der Waals surface area contributed by atoms with Gasteiger partial charge in [0.2, 0.25) is 0 Å². The average molecular weight is 497 g/mol. The number of hydrogen-bond donors (Lipinski definition) is 2. The minimum atomic E-state index is 0.443. The van der Waals surface area contributed by atoms with E-state index in [0.29, 0.717) is 5.54 Å². The standard InChI is InChI=1S/C14H10.C9H17N.C4H10.3C2H6.CH5N/c1-3-7-13(8-4-1)11-12-14-9-5-2-6-10-14;1-8(2)4-5-9(3)6-7-10-9;1-3-4-2;4*1-2/h1-10H;10H,1,4-7H2,2-3H3;3-4H2,1-2H3;3*1-2H3;2H2,1H3. The van der Waals surface area contributed by atoms with Crippen LogP contribution in [0.25, 0.3) is 0 Å². The summed E-state index contributed by atoms with van der Waals surface area (Å²) in [5, 5.41) is 3.44. The van der Waals surface area contributed by atoms with Crippen molar-refractivity contribution in [3.05, 3.63) is 83.9 Å². The third-order valence-corrected chi connectivity index (χ3v) is 4.73. The van der Waals surface area contributed by atoms with Crippen LogP contribution in [0, 0.1) is 11.8 Å². The maximum absolute atomic E-state index is 4.50. The zero-order valence-electron chi connectivity index (χ0n) is 25.8. The summed E-state index contributed by atoms with van der Waals surface area (Å²) < 4.78 is 0. The summed E-state index contributed by atoms with van der Waals surface area (Å²) in [6.07, 6.45) is 6.39. The van der Waals surface area contributed by atoms with Crippen LogP contribution < -0.4 is 11.1 Å². The molecule has 1 fully saturated rings. The molecule has 1 heterocycles. The van der Waals surface area contributed by atoms with Crippen LogP contribution in [0.1, 0.15) is 112 Å². The predicted molar refractivity (Wildman–Crippen MR) is 169 cm³/mol. The molecular formula is C34H60N2. The van der Waals surface area contributed by atoms with Crippen molar-refractivity contribution in [1.82, 2.24) is 5.32 Å². The first-order chi connectivity index (χ1) is 17.5. The lowest BCUT2D eigenvalue weighted by atomic mass is 9.84. The molecule has 0 bridgehead atoms. The molecule has 2 aromatic rings. The van der Waals surface area contributed by atoms with Gasteiger partial charge in [-0.05, 0) is 71.0 Å². The molecule has 3 N–H and O–H groups in total. The molecule has 36 heavy (non-hydrogen) atoms. The molecule has 0 saturated carbocycles. The van der Waals surface area contributed by atoms with Gasteiger partial charge in [-0.15, -0.1) is 6.58 Å². The molecule has 2 aromatic carbocycles. The summed E-state index contributed by atoms with van der Waals surface area (Å²) in [5.41, 5.74) is 8.35. The fourth-order valence-corrected chi connectivity index (χ4v) is 2.44. The van der Waals surface area contributed by atoms with E-state index in [9.17, 15) is 0 Å². The van der Waals surface area contributed by atoms with Crippen LogP contribution in [0.5, 0.6) is 0 Å². The van der Waals surface area contributed by atoms with Crippen molar-refractivity contribution >= 4 is 0 Å². The van der Waals surface area contributed by atoms with E-state index in [-0.39, 0.29) is 0 Å². The molecule has 1 atom stereocenters. The van der Waals surface area contributed by atoms with Crippen molar-refractivity contribution in [3.63, 3.8) is 0 Å². The summed E-state index contributed by atoms with van der Waals surface area (Å²) in [7, 11) is 1.50. The molecule has 0 spiro atoms. The Balaban J connectivity index is -0.000000204. The van der Waals surface area contributed by atoms with Gasteiger partial charge in [-0.25, -0.2) is 0 Å². The predicted octanol–water partition coefficient (Wildman–Crippen LogP) is 9.64. The van der Waals surface area contributed by atoms with E-state index >= 15 is 0 Å². The number of allylic oxidation sites excluding steroid dienone is 1. The van der Waals surface area contributed by atoms with Crippen molar-refractivity contribution in [3.8, 4) is 11.8 Å². The Labute approximate surface area is 227 Å². The van der Waals surface area contributed by atoms with Crippen LogP contribution in [0.15, 0.2) is 72.8 Å². The summed E-state index contributed by atoms with van der Waals surface area (Å²) >= 11 is 0. The van der Waals surface area contributed by atoms with E-state index in [1.807, 2.05) is 102 Å². The van der Waals surface area contributed by atoms with Crippen molar-refractivity contribution in [1.29, 1.82) is 0 Å². The Morgan fingerprint density at radius 2 is 1.14 bits per heavy atom. The van der Waals surface area contributed by atoms with Crippen molar-refractivity contribution < 1.29 is 0 Å². The molecule has 1 aliphatic rings. The molecule has 3 rings (SSSR count). The highest BCUT2D eigenvalue weighted by Gasteiger charge is 2.29. The fourth-order valence-electron chi connectivity index (χ4n) is 2.44. The Hall–Kier alpha value is -2.34. The van der Waals surface area contributed by atoms with Gasteiger partial charge in [-0.1, -0.05) is 122 Å². The van der Waals surface area contributed by atoms with Gasteiger partial charge in [-0.2, -0.15) is 0 Å². The first-order valence-electron chi connectivity index (χ1n) is 14.1. The average Bonchev–Trinajstić information content (AvgIpc) is 2.95. The fraction of sp³-hybridized carbons (Fsp3) is 0.529. The highest BCUT2D eigenvalue weighted by Crippen LogP contribution is 2.24. The topological polar surface area (TPSA) is 38.0 Å². The Kier molecular flexibility index (Phi) is 37.0. The minimum Gasteiger partial charge on any atom is -0.333 e. The lowest BCUT2D eigenvalue weighted by molar-refractivity contribution is 0.217. The minimum absolute atomic E-state index is 0.443.